The number of ether oxygens (including phenoxy) is 2. The smallest absolute Gasteiger partial charge is 0.293 e. The van der Waals surface area contributed by atoms with Crippen LogP contribution in [0.25, 0.3) is 10.9 Å². The van der Waals surface area contributed by atoms with Gasteiger partial charge in [-0.25, -0.2) is 4.39 Å². The molecular formula is C20H20FNO3. The lowest BCUT2D eigenvalue weighted by atomic mass is 10.1. The van der Waals surface area contributed by atoms with Gasteiger partial charge < -0.3 is 14.5 Å². The summed E-state index contributed by atoms with van der Waals surface area (Å²) < 4.78 is 24.1. The quantitative estimate of drug-likeness (QED) is 0.473. The highest BCUT2D eigenvalue weighted by Gasteiger charge is 2.13. The van der Waals surface area contributed by atoms with Crippen molar-refractivity contribution in [3.63, 3.8) is 0 Å². The summed E-state index contributed by atoms with van der Waals surface area (Å²) in [5.41, 5.74) is 2.87. The zero-order valence-corrected chi connectivity index (χ0v) is 13.8. The molecule has 0 fully saturated rings. The summed E-state index contributed by atoms with van der Waals surface area (Å²) >= 11 is 0. The first-order valence-electron chi connectivity index (χ1n) is 8.22. The number of aromatic nitrogens is 1. The van der Waals surface area contributed by atoms with Crippen molar-refractivity contribution in [2.45, 2.75) is 25.6 Å². The largest absolute Gasteiger partial charge is 0.464 e. The summed E-state index contributed by atoms with van der Waals surface area (Å²) in [6.45, 7) is 1.48. The summed E-state index contributed by atoms with van der Waals surface area (Å²) in [4.78, 5) is 14.0. The van der Waals surface area contributed by atoms with E-state index in [1.807, 2.05) is 36.4 Å². The lowest BCUT2D eigenvalue weighted by Gasteiger charge is -2.14. The van der Waals surface area contributed by atoms with Crippen LogP contribution in [0.2, 0.25) is 0 Å². The number of halogens is 1. The number of fused-ring (bicyclic) bond motifs is 1. The predicted molar refractivity (Wildman–Crippen MR) is 93.6 cm³/mol. The molecule has 0 spiro atoms. The highest BCUT2D eigenvalue weighted by atomic mass is 19.1. The first-order chi connectivity index (χ1) is 12.2. The molecule has 0 saturated carbocycles. The summed E-state index contributed by atoms with van der Waals surface area (Å²) in [7, 11) is 0. The van der Waals surface area contributed by atoms with Crippen LogP contribution in [0.3, 0.4) is 0 Å². The van der Waals surface area contributed by atoms with E-state index < -0.39 is 0 Å². The van der Waals surface area contributed by atoms with Crippen molar-refractivity contribution >= 4 is 17.4 Å². The predicted octanol–water partition coefficient (Wildman–Crippen LogP) is 4.00. The Labute approximate surface area is 145 Å². The van der Waals surface area contributed by atoms with Gasteiger partial charge in [0.1, 0.15) is 11.9 Å². The van der Waals surface area contributed by atoms with Crippen LogP contribution < -0.4 is 0 Å². The van der Waals surface area contributed by atoms with Gasteiger partial charge in [-0.3, -0.25) is 4.79 Å². The number of aromatic amines is 1. The van der Waals surface area contributed by atoms with Crippen molar-refractivity contribution in [1.29, 1.82) is 0 Å². The summed E-state index contributed by atoms with van der Waals surface area (Å²) in [5.74, 6) is -0.270. The molecule has 4 nitrogen and oxygen atoms in total. The Balaban J connectivity index is 1.53. The number of rotatable bonds is 9. The molecule has 3 rings (SSSR count). The standard InChI is InChI=1S/C20H20FNO3/c21-17-6-7-20-16(10-17)11-18(22-20)12-19(25-14-23)8-9-24-13-15-4-2-1-3-5-15/h1-7,10-11,14,19,22H,8-9,12-13H2. The fourth-order valence-electron chi connectivity index (χ4n) is 2.79. The van der Waals surface area contributed by atoms with Crippen molar-refractivity contribution in [3.8, 4) is 0 Å². The summed E-state index contributed by atoms with van der Waals surface area (Å²) in [6, 6.07) is 16.4. The molecule has 1 atom stereocenters. The van der Waals surface area contributed by atoms with Gasteiger partial charge in [0.15, 0.2) is 0 Å². The SMILES string of the molecule is O=COC(CCOCc1ccccc1)Cc1cc2cc(F)ccc2[nH]1. The Morgan fingerprint density at radius 3 is 2.76 bits per heavy atom. The van der Waals surface area contributed by atoms with Gasteiger partial charge in [0.2, 0.25) is 0 Å². The third-order valence-corrected chi connectivity index (χ3v) is 4.03. The lowest BCUT2D eigenvalue weighted by Crippen LogP contribution is -2.18. The zero-order chi connectivity index (χ0) is 17.5. The van der Waals surface area contributed by atoms with Gasteiger partial charge >= 0.3 is 0 Å². The van der Waals surface area contributed by atoms with Gasteiger partial charge in [-0.05, 0) is 29.8 Å². The molecule has 3 aromatic rings. The summed E-state index contributed by atoms with van der Waals surface area (Å²) in [5, 5.41) is 0.806. The average molecular weight is 341 g/mol. The van der Waals surface area contributed by atoms with E-state index in [0.29, 0.717) is 32.5 Å². The molecule has 1 heterocycles. The first-order valence-corrected chi connectivity index (χ1v) is 8.22. The van der Waals surface area contributed by atoms with Gasteiger partial charge in [-0.15, -0.1) is 0 Å². The van der Waals surface area contributed by atoms with E-state index in [9.17, 15) is 9.18 Å². The maximum atomic E-state index is 13.3. The molecule has 0 aliphatic rings. The molecule has 5 heteroatoms. The van der Waals surface area contributed by atoms with E-state index in [1.54, 1.807) is 6.07 Å². The molecule has 1 aromatic heterocycles. The Bertz CT molecular complexity index is 816. The van der Waals surface area contributed by atoms with Crippen LogP contribution in [0.1, 0.15) is 17.7 Å². The van der Waals surface area contributed by atoms with E-state index in [-0.39, 0.29) is 11.9 Å². The number of carbonyl (C=O) groups excluding carboxylic acids is 1. The van der Waals surface area contributed by atoms with Crippen molar-refractivity contribution in [2.75, 3.05) is 6.61 Å². The minimum atomic E-state index is -0.286. The molecule has 1 unspecified atom stereocenters. The molecule has 2 aromatic carbocycles. The molecule has 0 saturated heterocycles. The molecule has 0 amide bonds. The first kappa shape index (κ1) is 17.2. The van der Waals surface area contributed by atoms with E-state index in [4.69, 9.17) is 9.47 Å². The highest BCUT2D eigenvalue weighted by molar-refractivity contribution is 5.80. The van der Waals surface area contributed by atoms with Crippen LogP contribution in [-0.2, 0) is 27.3 Å². The van der Waals surface area contributed by atoms with Crippen LogP contribution in [0.4, 0.5) is 4.39 Å². The van der Waals surface area contributed by atoms with Gasteiger partial charge in [0.05, 0.1) is 13.2 Å². The van der Waals surface area contributed by atoms with E-state index in [2.05, 4.69) is 4.98 Å². The number of H-pyrrole nitrogens is 1. The third-order valence-electron chi connectivity index (χ3n) is 4.03. The van der Waals surface area contributed by atoms with E-state index in [0.717, 1.165) is 22.2 Å². The molecular weight excluding hydrogens is 321 g/mol. The van der Waals surface area contributed by atoms with Crippen molar-refractivity contribution < 1.29 is 18.7 Å². The Hall–Kier alpha value is -2.66. The van der Waals surface area contributed by atoms with Crippen LogP contribution in [0, 0.1) is 5.82 Å². The number of hydrogen-bond donors (Lipinski definition) is 1. The number of nitrogens with one attached hydrogen (secondary N) is 1. The second kappa shape index (κ2) is 8.44. The molecule has 1 N–H and O–H groups in total. The normalized spacial score (nSPS) is 12.2. The van der Waals surface area contributed by atoms with Gasteiger partial charge in [-0.1, -0.05) is 30.3 Å². The molecule has 130 valence electrons. The van der Waals surface area contributed by atoms with Crippen LogP contribution in [-0.4, -0.2) is 24.2 Å². The Morgan fingerprint density at radius 2 is 1.96 bits per heavy atom. The highest BCUT2D eigenvalue weighted by Crippen LogP contribution is 2.19. The molecule has 25 heavy (non-hydrogen) atoms. The summed E-state index contributed by atoms with van der Waals surface area (Å²) in [6.07, 6.45) is 0.838. The third kappa shape index (κ3) is 4.90. The number of hydrogen-bond acceptors (Lipinski definition) is 3. The van der Waals surface area contributed by atoms with Crippen LogP contribution >= 0.6 is 0 Å². The van der Waals surface area contributed by atoms with E-state index >= 15 is 0 Å². The molecule has 0 aliphatic carbocycles. The molecule has 0 bridgehead atoms. The number of benzene rings is 2. The maximum absolute atomic E-state index is 13.3. The van der Waals surface area contributed by atoms with Crippen LogP contribution in [0.15, 0.2) is 54.6 Å². The molecule has 0 radical (unpaired) electrons. The Kier molecular flexibility index (Phi) is 5.80. The van der Waals surface area contributed by atoms with Gasteiger partial charge in [0.25, 0.3) is 6.47 Å². The monoisotopic (exact) mass is 341 g/mol. The molecule has 0 aliphatic heterocycles. The Morgan fingerprint density at radius 1 is 1.12 bits per heavy atom. The second-order valence-corrected chi connectivity index (χ2v) is 5.91. The zero-order valence-electron chi connectivity index (χ0n) is 13.8. The second-order valence-electron chi connectivity index (χ2n) is 5.91. The maximum Gasteiger partial charge on any atom is 0.293 e. The van der Waals surface area contributed by atoms with Gasteiger partial charge in [0, 0.05) is 29.4 Å². The van der Waals surface area contributed by atoms with E-state index in [1.165, 1.54) is 12.1 Å². The lowest BCUT2D eigenvalue weighted by molar-refractivity contribution is -0.134. The number of carbonyl (C=O) groups is 1. The minimum absolute atomic E-state index is 0.270. The van der Waals surface area contributed by atoms with Crippen molar-refractivity contribution in [3.05, 3.63) is 71.7 Å². The van der Waals surface area contributed by atoms with Crippen LogP contribution in [0.5, 0.6) is 0 Å². The fraction of sp³-hybridized carbons (Fsp3) is 0.250. The minimum Gasteiger partial charge on any atom is -0.464 e. The van der Waals surface area contributed by atoms with Crippen molar-refractivity contribution in [2.24, 2.45) is 0 Å². The van der Waals surface area contributed by atoms with Crippen molar-refractivity contribution in [1.82, 2.24) is 4.98 Å². The fourth-order valence-corrected chi connectivity index (χ4v) is 2.79. The van der Waals surface area contributed by atoms with Gasteiger partial charge in [-0.2, -0.15) is 0 Å². The average Bonchev–Trinajstić information content (AvgIpc) is 3.01. The topological polar surface area (TPSA) is 51.3 Å².